The summed E-state index contributed by atoms with van der Waals surface area (Å²) < 4.78 is 55.9. The first kappa shape index (κ1) is 21.8. The summed E-state index contributed by atoms with van der Waals surface area (Å²) in [6.45, 7) is 3.56. The molecule has 2 aromatic carbocycles. The quantitative estimate of drug-likeness (QED) is 0.665. The first-order valence-electron chi connectivity index (χ1n) is 10.4. The van der Waals surface area contributed by atoms with Crippen molar-refractivity contribution in [1.82, 2.24) is 9.80 Å². The number of nitrogens with zero attached hydrogens (tertiary/aromatic N) is 2. The predicted molar refractivity (Wildman–Crippen MR) is 107 cm³/mol. The number of hydrogen-bond acceptors (Lipinski definition) is 3. The zero-order chi connectivity index (χ0) is 22.0. The summed E-state index contributed by atoms with van der Waals surface area (Å²) in [5.74, 6) is -0.619. The normalized spacial score (nSPS) is 19.1. The van der Waals surface area contributed by atoms with E-state index in [9.17, 15) is 22.4 Å². The number of ether oxygens (including phenoxy) is 1. The van der Waals surface area contributed by atoms with E-state index in [1.165, 1.54) is 18.4 Å². The van der Waals surface area contributed by atoms with Gasteiger partial charge in [-0.25, -0.2) is 4.39 Å². The van der Waals surface area contributed by atoms with E-state index in [0.717, 1.165) is 24.2 Å². The molecule has 31 heavy (non-hydrogen) atoms. The predicted octanol–water partition coefficient (Wildman–Crippen LogP) is 4.48. The van der Waals surface area contributed by atoms with E-state index in [-0.39, 0.29) is 5.91 Å². The van der Waals surface area contributed by atoms with Crippen LogP contribution in [0.2, 0.25) is 0 Å². The molecule has 3 aliphatic rings. The van der Waals surface area contributed by atoms with Crippen molar-refractivity contribution >= 4 is 5.91 Å². The monoisotopic (exact) mass is 436 g/mol. The number of carbonyl (C=O) groups excluding carboxylic acids is 1. The molecule has 2 heterocycles. The first-order valence-corrected chi connectivity index (χ1v) is 10.4. The Kier molecular flexibility index (Phi) is 6.29. The van der Waals surface area contributed by atoms with Crippen molar-refractivity contribution in [2.24, 2.45) is 0 Å². The van der Waals surface area contributed by atoms with Gasteiger partial charge in [0.1, 0.15) is 5.82 Å². The lowest BCUT2D eigenvalue weighted by Gasteiger charge is -2.26. The van der Waals surface area contributed by atoms with Gasteiger partial charge in [-0.3, -0.25) is 9.69 Å². The summed E-state index contributed by atoms with van der Waals surface area (Å²) in [6, 6.07) is 11.1. The summed E-state index contributed by atoms with van der Waals surface area (Å²) in [5, 5.41) is 0. The Bertz CT molecular complexity index is 937. The molecule has 0 N–H and O–H groups in total. The van der Waals surface area contributed by atoms with Crippen LogP contribution in [0.5, 0.6) is 0 Å². The highest BCUT2D eigenvalue weighted by molar-refractivity contribution is 5.98. The Morgan fingerprint density at radius 2 is 1.74 bits per heavy atom. The van der Waals surface area contributed by atoms with Crippen LogP contribution in [0.4, 0.5) is 17.6 Å². The number of hydrogen-bond donors (Lipinski definition) is 0. The number of amides is 1. The van der Waals surface area contributed by atoms with E-state index < -0.39 is 17.6 Å². The minimum atomic E-state index is -4.51. The van der Waals surface area contributed by atoms with Crippen molar-refractivity contribution in [3.63, 3.8) is 0 Å². The van der Waals surface area contributed by atoms with Crippen LogP contribution >= 0.6 is 0 Å². The molecule has 4 nitrogen and oxygen atoms in total. The van der Waals surface area contributed by atoms with Gasteiger partial charge in [-0.05, 0) is 48.2 Å². The third kappa shape index (κ3) is 5.43. The van der Waals surface area contributed by atoms with Gasteiger partial charge in [0.15, 0.2) is 0 Å². The summed E-state index contributed by atoms with van der Waals surface area (Å²) in [6.07, 6.45) is -2.12. The number of rotatable bonds is 3. The highest BCUT2D eigenvalue weighted by Crippen LogP contribution is 2.34. The standard InChI is InChI=1S/C12H13F4NO.C11H11NO/c13-11-6-9(5-10(7-11)12(14,15)16)8-17-1-3-18-4-2-17;13-11-10-4-2-1-3-8(10)7-12(11)9-5-6-9/h5-7H,1-4,8H2;1-4,9H,5-7H2. The molecule has 1 saturated carbocycles. The average Bonchev–Trinajstić information content (AvgIpc) is 3.52. The number of carbonyl (C=O) groups is 1. The van der Waals surface area contributed by atoms with E-state index in [4.69, 9.17) is 4.74 Å². The Balaban J connectivity index is 0.000000156. The Labute approximate surface area is 178 Å². The molecule has 0 spiro atoms. The van der Waals surface area contributed by atoms with Gasteiger partial charge >= 0.3 is 6.18 Å². The molecule has 2 aliphatic heterocycles. The smallest absolute Gasteiger partial charge is 0.379 e. The summed E-state index contributed by atoms with van der Waals surface area (Å²) in [5.41, 5.74) is 1.50. The van der Waals surface area contributed by atoms with Gasteiger partial charge < -0.3 is 9.64 Å². The molecular formula is C23H24F4N2O2. The molecular weight excluding hydrogens is 412 g/mol. The topological polar surface area (TPSA) is 32.8 Å². The van der Waals surface area contributed by atoms with Crippen molar-refractivity contribution in [3.05, 3.63) is 70.5 Å². The third-order valence-corrected chi connectivity index (χ3v) is 5.63. The van der Waals surface area contributed by atoms with Crippen LogP contribution in [0.1, 0.15) is 39.9 Å². The van der Waals surface area contributed by atoms with Crippen molar-refractivity contribution in [3.8, 4) is 0 Å². The second-order valence-electron chi connectivity index (χ2n) is 8.06. The minimum absolute atomic E-state index is 0.234. The van der Waals surface area contributed by atoms with Crippen molar-refractivity contribution < 1.29 is 27.1 Å². The number of benzene rings is 2. The van der Waals surface area contributed by atoms with Crippen LogP contribution in [-0.4, -0.2) is 48.1 Å². The Morgan fingerprint density at radius 3 is 2.39 bits per heavy atom. The maximum absolute atomic E-state index is 13.2. The zero-order valence-electron chi connectivity index (χ0n) is 17.0. The largest absolute Gasteiger partial charge is 0.416 e. The number of alkyl halides is 3. The van der Waals surface area contributed by atoms with Gasteiger partial charge in [-0.1, -0.05) is 18.2 Å². The second kappa shape index (κ2) is 8.96. The molecule has 8 heteroatoms. The van der Waals surface area contributed by atoms with Crippen LogP contribution in [0.3, 0.4) is 0 Å². The van der Waals surface area contributed by atoms with Gasteiger partial charge in [0.25, 0.3) is 5.91 Å². The van der Waals surface area contributed by atoms with Crippen LogP contribution < -0.4 is 0 Å². The van der Waals surface area contributed by atoms with E-state index in [2.05, 4.69) is 6.07 Å². The lowest BCUT2D eigenvalue weighted by atomic mass is 10.1. The molecule has 1 amide bonds. The number of fused-ring (bicyclic) bond motifs is 1. The Hall–Kier alpha value is -2.45. The lowest BCUT2D eigenvalue weighted by molar-refractivity contribution is -0.137. The molecule has 0 aromatic heterocycles. The SMILES string of the molecule is Fc1cc(CN2CCOCC2)cc(C(F)(F)F)c1.O=C1c2ccccc2CN1C1CC1. The fraction of sp³-hybridized carbons (Fsp3) is 0.435. The summed E-state index contributed by atoms with van der Waals surface area (Å²) >= 11 is 0. The molecule has 1 saturated heterocycles. The van der Waals surface area contributed by atoms with Gasteiger partial charge in [-0.15, -0.1) is 0 Å². The maximum Gasteiger partial charge on any atom is 0.416 e. The second-order valence-corrected chi connectivity index (χ2v) is 8.06. The molecule has 2 fully saturated rings. The van der Waals surface area contributed by atoms with Crippen LogP contribution in [0, 0.1) is 5.82 Å². The zero-order valence-corrected chi connectivity index (χ0v) is 17.0. The lowest BCUT2D eigenvalue weighted by Crippen LogP contribution is -2.35. The fourth-order valence-electron chi connectivity index (χ4n) is 3.88. The molecule has 5 rings (SSSR count). The first-order chi connectivity index (χ1) is 14.8. The summed E-state index contributed by atoms with van der Waals surface area (Å²) in [4.78, 5) is 15.8. The molecule has 2 aromatic rings. The van der Waals surface area contributed by atoms with E-state index in [0.29, 0.717) is 50.5 Å². The van der Waals surface area contributed by atoms with Gasteiger partial charge in [0.2, 0.25) is 0 Å². The number of morpholine rings is 1. The average molecular weight is 436 g/mol. The van der Waals surface area contributed by atoms with E-state index >= 15 is 0 Å². The van der Waals surface area contributed by atoms with Gasteiger partial charge in [0, 0.05) is 37.8 Å². The molecule has 0 unspecified atom stereocenters. The van der Waals surface area contributed by atoms with Crippen LogP contribution in [0.25, 0.3) is 0 Å². The van der Waals surface area contributed by atoms with Crippen molar-refractivity contribution in [2.45, 2.75) is 38.1 Å². The maximum atomic E-state index is 13.2. The van der Waals surface area contributed by atoms with Crippen LogP contribution in [-0.2, 0) is 24.0 Å². The molecule has 166 valence electrons. The van der Waals surface area contributed by atoms with Crippen LogP contribution in [0.15, 0.2) is 42.5 Å². The molecule has 0 bridgehead atoms. The van der Waals surface area contributed by atoms with E-state index in [1.54, 1.807) is 0 Å². The fourth-order valence-corrected chi connectivity index (χ4v) is 3.88. The molecule has 0 radical (unpaired) electrons. The number of halogens is 4. The van der Waals surface area contributed by atoms with Gasteiger partial charge in [0.05, 0.1) is 18.8 Å². The minimum Gasteiger partial charge on any atom is -0.379 e. The Morgan fingerprint density at radius 1 is 1.03 bits per heavy atom. The summed E-state index contributed by atoms with van der Waals surface area (Å²) in [7, 11) is 0. The van der Waals surface area contributed by atoms with Crippen molar-refractivity contribution in [2.75, 3.05) is 26.3 Å². The molecule has 1 aliphatic carbocycles. The highest BCUT2D eigenvalue weighted by atomic mass is 19.4. The van der Waals surface area contributed by atoms with E-state index in [1.807, 2.05) is 28.0 Å². The van der Waals surface area contributed by atoms with Crippen molar-refractivity contribution in [1.29, 1.82) is 0 Å². The molecule has 0 atom stereocenters. The highest BCUT2D eigenvalue weighted by Gasteiger charge is 2.37. The third-order valence-electron chi connectivity index (χ3n) is 5.63. The van der Waals surface area contributed by atoms with Gasteiger partial charge in [-0.2, -0.15) is 13.2 Å².